The van der Waals surface area contributed by atoms with Crippen molar-refractivity contribution in [3.8, 4) is 0 Å². The van der Waals surface area contributed by atoms with Crippen LogP contribution in [0, 0.1) is 0 Å². The van der Waals surface area contributed by atoms with Crippen LogP contribution < -0.4 is 5.32 Å². The summed E-state index contributed by atoms with van der Waals surface area (Å²) in [6, 6.07) is 26.0. The second-order valence-corrected chi connectivity index (χ2v) is 8.03. The fourth-order valence-corrected chi connectivity index (χ4v) is 4.89. The summed E-state index contributed by atoms with van der Waals surface area (Å²) in [6.45, 7) is 1.01. The van der Waals surface area contributed by atoms with Crippen LogP contribution in [0.1, 0.15) is 28.3 Å². The lowest BCUT2D eigenvalue weighted by Crippen LogP contribution is -2.07. The number of para-hydroxylation sites is 3. The quantitative estimate of drug-likeness (QED) is 0.354. The van der Waals surface area contributed by atoms with Gasteiger partial charge in [0.15, 0.2) is 0 Å². The van der Waals surface area contributed by atoms with E-state index in [0.717, 1.165) is 19.4 Å². The Kier molecular flexibility index (Phi) is 3.73. The van der Waals surface area contributed by atoms with Crippen molar-refractivity contribution in [3.63, 3.8) is 0 Å². The van der Waals surface area contributed by atoms with E-state index in [-0.39, 0.29) is 0 Å². The van der Waals surface area contributed by atoms with Crippen LogP contribution >= 0.6 is 0 Å². The summed E-state index contributed by atoms with van der Waals surface area (Å²) in [5.41, 5.74) is 9.30. The first-order chi connectivity index (χ1) is 14.4. The summed E-state index contributed by atoms with van der Waals surface area (Å²) in [6.07, 6.45) is 4.12. The molecule has 5 aromatic rings. The summed E-state index contributed by atoms with van der Waals surface area (Å²) in [5, 5.41) is 6.25. The van der Waals surface area contributed by atoms with Crippen LogP contribution in [-0.4, -0.2) is 16.5 Å². The van der Waals surface area contributed by atoms with Gasteiger partial charge in [0, 0.05) is 58.3 Å². The predicted molar refractivity (Wildman–Crippen MR) is 121 cm³/mol. The Hall–Kier alpha value is -3.46. The molecule has 3 aromatic carbocycles. The molecule has 1 aliphatic heterocycles. The molecular formula is C26H23N3. The molecule has 142 valence electrons. The largest absolute Gasteiger partial charge is 0.384 e. The van der Waals surface area contributed by atoms with Crippen LogP contribution in [-0.2, 0) is 12.8 Å². The highest BCUT2D eigenvalue weighted by molar-refractivity contribution is 5.86. The van der Waals surface area contributed by atoms with E-state index in [2.05, 4.69) is 94.3 Å². The molecular weight excluding hydrogens is 354 g/mol. The van der Waals surface area contributed by atoms with Gasteiger partial charge in [0.2, 0.25) is 0 Å². The summed E-state index contributed by atoms with van der Waals surface area (Å²) < 4.78 is 0. The van der Waals surface area contributed by atoms with Gasteiger partial charge in [-0.05, 0) is 41.3 Å². The van der Waals surface area contributed by atoms with Gasteiger partial charge in [0.05, 0.1) is 0 Å². The Labute approximate surface area is 169 Å². The van der Waals surface area contributed by atoms with E-state index in [1.807, 2.05) is 0 Å². The van der Waals surface area contributed by atoms with Gasteiger partial charge in [-0.2, -0.15) is 0 Å². The number of hydrogen-bond donors (Lipinski definition) is 3. The molecule has 6 rings (SSSR count). The third-order valence-corrected chi connectivity index (χ3v) is 6.33. The topological polar surface area (TPSA) is 43.6 Å². The van der Waals surface area contributed by atoms with Gasteiger partial charge in [-0.3, -0.25) is 0 Å². The molecule has 3 N–H and O–H groups in total. The van der Waals surface area contributed by atoms with Gasteiger partial charge in [-0.15, -0.1) is 0 Å². The molecule has 0 spiro atoms. The van der Waals surface area contributed by atoms with E-state index in [4.69, 9.17) is 0 Å². The molecule has 3 nitrogen and oxygen atoms in total. The molecule has 3 heteroatoms. The highest BCUT2D eigenvalue weighted by atomic mass is 14.9. The number of nitrogens with one attached hydrogen (secondary N) is 3. The number of benzene rings is 3. The molecule has 1 unspecified atom stereocenters. The van der Waals surface area contributed by atoms with Crippen molar-refractivity contribution >= 4 is 27.5 Å². The number of hydrogen-bond acceptors (Lipinski definition) is 1. The van der Waals surface area contributed by atoms with E-state index in [0.29, 0.717) is 5.92 Å². The van der Waals surface area contributed by atoms with Crippen LogP contribution in [0.2, 0.25) is 0 Å². The van der Waals surface area contributed by atoms with Crippen molar-refractivity contribution in [1.29, 1.82) is 0 Å². The Balaban J connectivity index is 1.43. The highest BCUT2D eigenvalue weighted by Crippen LogP contribution is 2.36. The first kappa shape index (κ1) is 16.5. The highest BCUT2D eigenvalue weighted by Gasteiger charge is 2.24. The summed E-state index contributed by atoms with van der Waals surface area (Å²) in [5.74, 6) is 0.507. The minimum atomic E-state index is 0.507. The zero-order chi connectivity index (χ0) is 19.2. The van der Waals surface area contributed by atoms with Gasteiger partial charge in [-0.25, -0.2) is 0 Å². The van der Waals surface area contributed by atoms with Gasteiger partial charge >= 0.3 is 0 Å². The molecule has 29 heavy (non-hydrogen) atoms. The van der Waals surface area contributed by atoms with Crippen LogP contribution in [0.25, 0.3) is 21.8 Å². The molecule has 3 heterocycles. The van der Waals surface area contributed by atoms with E-state index < -0.39 is 0 Å². The molecule has 0 saturated heterocycles. The maximum Gasteiger partial charge on any atom is 0.0459 e. The summed E-state index contributed by atoms with van der Waals surface area (Å²) in [4.78, 5) is 7.15. The Bertz CT molecular complexity index is 1320. The summed E-state index contributed by atoms with van der Waals surface area (Å²) >= 11 is 0. The smallest absolute Gasteiger partial charge is 0.0459 e. The van der Waals surface area contributed by atoms with E-state index in [9.17, 15) is 0 Å². The number of aromatic amines is 2. The normalized spacial score (nSPS) is 15.7. The third-order valence-electron chi connectivity index (χ3n) is 6.33. The standard InChI is InChI=1S/C26H23N3/c1-4-10-23-19(7-1)17(15-27-23)13-22-21-9-3-6-12-25(21)29-26(22)14-18-16-28-24-11-5-2-8-20(18)24/h1-12,16-17,27-29H,13-15H2. The van der Waals surface area contributed by atoms with Crippen molar-refractivity contribution in [1.82, 2.24) is 9.97 Å². The minimum Gasteiger partial charge on any atom is -0.384 e. The second-order valence-electron chi connectivity index (χ2n) is 8.03. The Morgan fingerprint density at radius 2 is 1.55 bits per heavy atom. The van der Waals surface area contributed by atoms with Crippen molar-refractivity contribution in [2.45, 2.75) is 18.8 Å². The molecule has 0 bridgehead atoms. The van der Waals surface area contributed by atoms with E-state index >= 15 is 0 Å². The lowest BCUT2D eigenvalue weighted by atomic mass is 9.91. The van der Waals surface area contributed by atoms with Crippen molar-refractivity contribution < 1.29 is 0 Å². The minimum absolute atomic E-state index is 0.507. The Morgan fingerprint density at radius 1 is 0.793 bits per heavy atom. The molecule has 0 radical (unpaired) electrons. The number of rotatable bonds is 4. The molecule has 1 atom stereocenters. The average molecular weight is 377 g/mol. The third kappa shape index (κ3) is 2.73. The van der Waals surface area contributed by atoms with E-state index in [1.54, 1.807) is 0 Å². The van der Waals surface area contributed by atoms with Crippen molar-refractivity contribution in [2.75, 3.05) is 11.9 Å². The van der Waals surface area contributed by atoms with Crippen LogP contribution in [0.5, 0.6) is 0 Å². The zero-order valence-corrected chi connectivity index (χ0v) is 16.2. The number of anilines is 1. The monoisotopic (exact) mass is 377 g/mol. The molecule has 0 fully saturated rings. The first-order valence-corrected chi connectivity index (χ1v) is 10.3. The summed E-state index contributed by atoms with van der Waals surface area (Å²) in [7, 11) is 0. The molecule has 0 aliphatic carbocycles. The molecule has 0 amide bonds. The number of fused-ring (bicyclic) bond motifs is 3. The zero-order valence-electron chi connectivity index (χ0n) is 16.2. The fraction of sp³-hybridized carbons (Fsp3) is 0.154. The molecule has 0 saturated carbocycles. The van der Waals surface area contributed by atoms with Gasteiger partial charge in [0.25, 0.3) is 0 Å². The molecule has 1 aliphatic rings. The number of H-pyrrole nitrogens is 2. The number of aromatic nitrogens is 2. The predicted octanol–water partition coefficient (Wildman–Crippen LogP) is 5.99. The van der Waals surface area contributed by atoms with Gasteiger partial charge in [0.1, 0.15) is 0 Å². The van der Waals surface area contributed by atoms with Crippen LogP contribution in [0.15, 0.2) is 79.0 Å². The van der Waals surface area contributed by atoms with Crippen LogP contribution in [0.4, 0.5) is 5.69 Å². The van der Waals surface area contributed by atoms with Gasteiger partial charge in [-0.1, -0.05) is 54.6 Å². The second kappa shape index (κ2) is 6.56. The SMILES string of the molecule is c1ccc2c(c1)NCC2Cc1c(Cc2c[nH]c3ccccc23)[nH]c2ccccc12. The van der Waals surface area contributed by atoms with E-state index in [1.165, 1.54) is 49.9 Å². The molecule has 2 aromatic heterocycles. The Morgan fingerprint density at radius 3 is 2.48 bits per heavy atom. The maximum absolute atomic E-state index is 3.73. The van der Waals surface area contributed by atoms with Crippen molar-refractivity contribution in [2.24, 2.45) is 0 Å². The van der Waals surface area contributed by atoms with Crippen molar-refractivity contribution in [3.05, 3.63) is 101 Å². The van der Waals surface area contributed by atoms with Gasteiger partial charge < -0.3 is 15.3 Å². The lowest BCUT2D eigenvalue weighted by molar-refractivity contribution is 0.749. The fourth-order valence-electron chi connectivity index (χ4n) is 4.89. The lowest BCUT2D eigenvalue weighted by Gasteiger charge is -2.12. The van der Waals surface area contributed by atoms with Crippen LogP contribution in [0.3, 0.4) is 0 Å². The maximum atomic E-state index is 3.73. The first-order valence-electron chi connectivity index (χ1n) is 10.3. The average Bonchev–Trinajstić information content (AvgIpc) is 3.46.